The normalized spacial score (nSPS) is 9.30. The third-order valence-corrected chi connectivity index (χ3v) is 1.07. The highest BCUT2D eigenvalue weighted by atomic mass is 16.5. The lowest BCUT2D eigenvalue weighted by atomic mass is 10.2. The first-order valence-electron chi connectivity index (χ1n) is 2.77. The molecule has 1 aromatic heterocycles. The molecule has 1 heterocycles. The second kappa shape index (κ2) is 3.03. The van der Waals surface area contributed by atoms with Crippen LogP contribution in [0.2, 0.25) is 0 Å². The predicted octanol–water partition coefficient (Wildman–Crippen LogP) is 0.328. The molecule has 0 saturated carbocycles. The van der Waals surface area contributed by atoms with Gasteiger partial charge >= 0.3 is 0 Å². The second-order valence-corrected chi connectivity index (χ2v) is 1.84. The van der Waals surface area contributed by atoms with Crippen molar-refractivity contribution in [2.75, 3.05) is 0 Å². The third kappa shape index (κ3) is 1.60. The molecule has 54 valence electrons. The van der Waals surface area contributed by atoms with Gasteiger partial charge in [-0.05, 0) is 11.6 Å². The van der Waals surface area contributed by atoms with Crippen molar-refractivity contribution in [2.24, 2.45) is 0 Å². The van der Waals surface area contributed by atoms with Gasteiger partial charge in [-0.1, -0.05) is 0 Å². The lowest BCUT2D eigenvalue weighted by Gasteiger charge is -1.92. The lowest BCUT2D eigenvalue weighted by Crippen LogP contribution is -2.20. The van der Waals surface area contributed by atoms with Gasteiger partial charge in [0.05, 0.1) is 18.9 Å². The molecule has 0 aliphatic rings. The Morgan fingerprint density at radius 2 is 2.60 bits per heavy atom. The fraction of sp³-hybridized carbons (Fsp3) is 0.167. The second-order valence-electron chi connectivity index (χ2n) is 1.84. The van der Waals surface area contributed by atoms with Crippen molar-refractivity contribution in [3.63, 3.8) is 0 Å². The summed E-state index contributed by atoms with van der Waals surface area (Å²) in [6.07, 6.45) is 3.07. The van der Waals surface area contributed by atoms with Gasteiger partial charge in [-0.25, -0.2) is 5.48 Å². The Hall–Kier alpha value is -1.29. The quantitative estimate of drug-likeness (QED) is 0.460. The molecule has 0 aliphatic carbocycles. The molecule has 4 nitrogen and oxygen atoms in total. The monoisotopic (exact) mass is 141 g/mol. The zero-order valence-corrected chi connectivity index (χ0v) is 5.20. The van der Waals surface area contributed by atoms with E-state index in [2.05, 4.69) is 0 Å². The molecule has 0 fully saturated rings. The van der Waals surface area contributed by atoms with Crippen molar-refractivity contribution >= 4 is 5.91 Å². The van der Waals surface area contributed by atoms with Gasteiger partial charge in [0.25, 0.3) is 0 Å². The molecule has 0 aliphatic heterocycles. The molecular weight excluding hydrogens is 134 g/mol. The molecule has 10 heavy (non-hydrogen) atoms. The summed E-state index contributed by atoms with van der Waals surface area (Å²) in [5, 5.41) is 8.10. The van der Waals surface area contributed by atoms with E-state index in [1.54, 1.807) is 6.07 Å². The van der Waals surface area contributed by atoms with E-state index in [4.69, 9.17) is 9.62 Å². The van der Waals surface area contributed by atoms with Crippen molar-refractivity contribution in [3.05, 3.63) is 24.2 Å². The molecular formula is C6H7NO3. The fourth-order valence-electron chi connectivity index (χ4n) is 0.618. The Balaban J connectivity index is 2.48. The van der Waals surface area contributed by atoms with Gasteiger partial charge < -0.3 is 4.42 Å². The maximum absolute atomic E-state index is 10.5. The molecule has 0 radical (unpaired) electrons. The van der Waals surface area contributed by atoms with Crippen molar-refractivity contribution in [2.45, 2.75) is 6.42 Å². The Labute approximate surface area is 57.4 Å². The topological polar surface area (TPSA) is 62.5 Å². The van der Waals surface area contributed by atoms with Crippen LogP contribution < -0.4 is 5.48 Å². The molecule has 1 aromatic rings. The van der Waals surface area contributed by atoms with E-state index in [0.29, 0.717) is 0 Å². The van der Waals surface area contributed by atoms with E-state index >= 15 is 0 Å². The average molecular weight is 141 g/mol. The number of carbonyl (C=O) groups excluding carboxylic acids is 1. The van der Waals surface area contributed by atoms with Crippen LogP contribution in [0.1, 0.15) is 5.56 Å². The highest BCUT2D eigenvalue weighted by Gasteiger charge is 2.00. The summed E-state index contributed by atoms with van der Waals surface area (Å²) in [6.45, 7) is 0. The minimum Gasteiger partial charge on any atom is -0.472 e. The molecule has 0 bridgehead atoms. The predicted molar refractivity (Wildman–Crippen MR) is 32.3 cm³/mol. The summed E-state index contributed by atoms with van der Waals surface area (Å²) in [6, 6.07) is 1.66. The smallest absolute Gasteiger partial charge is 0.247 e. The zero-order valence-electron chi connectivity index (χ0n) is 5.20. The number of hydroxylamine groups is 1. The van der Waals surface area contributed by atoms with E-state index in [9.17, 15) is 4.79 Å². The van der Waals surface area contributed by atoms with E-state index in [-0.39, 0.29) is 6.42 Å². The number of furan rings is 1. The van der Waals surface area contributed by atoms with Crippen molar-refractivity contribution in [3.8, 4) is 0 Å². The van der Waals surface area contributed by atoms with Crippen molar-refractivity contribution in [1.82, 2.24) is 5.48 Å². The molecule has 0 spiro atoms. The minimum absolute atomic E-state index is 0.146. The highest BCUT2D eigenvalue weighted by Crippen LogP contribution is 1.99. The summed E-state index contributed by atoms with van der Waals surface area (Å²) in [4.78, 5) is 10.5. The van der Waals surface area contributed by atoms with Gasteiger partial charge in [-0.15, -0.1) is 0 Å². The first-order chi connectivity index (χ1) is 4.83. The summed E-state index contributed by atoms with van der Waals surface area (Å²) in [5.41, 5.74) is 2.26. The number of nitrogens with one attached hydrogen (secondary N) is 1. The van der Waals surface area contributed by atoms with E-state index in [0.717, 1.165) is 5.56 Å². The van der Waals surface area contributed by atoms with Crippen LogP contribution in [0.5, 0.6) is 0 Å². The SMILES string of the molecule is O=C(Cc1ccoc1)NO. The van der Waals surface area contributed by atoms with Crippen LogP contribution in [0.3, 0.4) is 0 Å². The largest absolute Gasteiger partial charge is 0.472 e. The van der Waals surface area contributed by atoms with Crippen LogP contribution in [0.15, 0.2) is 23.0 Å². The highest BCUT2D eigenvalue weighted by molar-refractivity contribution is 5.77. The Morgan fingerprint density at radius 1 is 1.80 bits per heavy atom. The van der Waals surface area contributed by atoms with Crippen LogP contribution >= 0.6 is 0 Å². The van der Waals surface area contributed by atoms with Gasteiger partial charge in [0.1, 0.15) is 0 Å². The van der Waals surface area contributed by atoms with E-state index in [1.165, 1.54) is 18.0 Å². The molecule has 0 aromatic carbocycles. The number of hydrogen-bond acceptors (Lipinski definition) is 3. The third-order valence-electron chi connectivity index (χ3n) is 1.07. The first-order valence-corrected chi connectivity index (χ1v) is 2.77. The Kier molecular flexibility index (Phi) is 2.07. The molecule has 1 amide bonds. The summed E-state index contributed by atoms with van der Waals surface area (Å²) >= 11 is 0. The van der Waals surface area contributed by atoms with Crippen LogP contribution in [-0.2, 0) is 11.2 Å². The molecule has 4 heteroatoms. The zero-order chi connectivity index (χ0) is 7.40. The number of hydrogen-bond donors (Lipinski definition) is 2. The van der Waals surface area contributed by atoms with Crippen LogP contribution in [0.4, 0.5) is 0 Å². The molecule has 0 atom stereocenters. The fourth-order valence-corrected chi connectivity index (χ4v) is 0.618. The van der Waals surface area contributed by atoms with Crippen LogP contribution in [0.25, 0.3) is 0 Å². The van der Waals surface area contributed by atoms with Gasteiger partial charge in [0.2, 0.25) is 5.91 Å². The van der Waals surface area contributed by atoms with E-state index < -0.39 is 5.91 Å². The maximum Gasteiger partial charge on any atom is 0.247 e. The standard InChI is InChI=1S/C6H7NO3/c8-6(7-9)3-5-1-2-10-4-5/h1-2,4,9H,3H2,(H,7,8). The summed E-state index contributed by atoms with van der Waals surface area (Å²) in [5.74, 6) is -0.443. The number of rotatable bonds is 2. The molecule has 0 saturated heterocycles. The molecule has 1 rings (SSSR count). The van der Waals surface area contributed by atoms with Gasteiger partial charge in [-0.2, -0.15) is 0 Å². The van der Waals surface area contributed by atoms with Crippen LogP contribution in [-0.4, -0.2) is 11.1 Å². The molecule has 2 N–H and O–H groups in total. The minimum atomic E-state index is -0.443. The van der Waals surface area contributed by atoms with Crippen LogP contribution in [0, 0.1) is 0 Å². The van der Waals surface area contributed by atoms with Crippen molar-refractivity contribution < 1.29 is 14.4 Å². The summed E-state index contributed by atoms with van der Waals surface area (Å²) in [7, 11) is 0. The number of carbonyl (C=O) groups is 1. The van der Waals surface area contributed by atoms with Gasteiger partial charge in [0.15, 0.2) is 0 Å². The number of amides is 1. The van der Waals surface area contributed by atoms with Gasteiger partial charge in [0, 0.05) is 0 Å². The van der Waals surface area contributed by atoms with Crippen molar-refractivity contribution in [1.29, 1.82) is 0 Å². The van der Waals surface area contributed by atoms with E-state index in [1.807, 2.05) is 0 Å². The first kappa shape index (κ1) is 6.82. The summed E-state index contributed by atoms with van der Waals surface area (Å²) < 4.78 is 4.70. The maximum atomic E-state index is 10.5. The van der Waals surface area contributed by atoms with Gasteiger partial charge in [-0.3, -0.25) is 10.0 Å². The molecule has 0 unspecified atom stereocenters. The average Bonchev–Trinajstić information content (AvgIpc) is 2.40. The Morgan fingerprint density at radius 3 is 3.10 bits per heavy atom. The lowest BCUT2D eigenvalue weighted by molar-refractivity contribution is -0.128. The Bertz CT molecular complexity index is 205.